The fourth-order valence-corrected chi connectivity index (χ4v) is 2.03. The van der Waals surface area contributed by atoms with Crippen LogP contribution in [-0.2, 0) is 6.18 Å². The van der Waals surface area contributed by atoms with Gasteiger partial charge in [-0.1, -0.05) is 0 Å². The first kappa shape index (κ1) is 16.8. The summed E-state index contributed by atoms with van der Waals surface area (Å²) in [5.41, 5.74) is -0.678. The highest BCUT2D eigenvalue weighted by Crippen LogP contribution is 2.34. The van der Waals surface area contributed by atoms with E-state index in [0.717, 1.165) is 12.1 Å². The van der Waals surface area contributed by atoms with E-state index >= 15 is 0 Å². The van der Waals surface area contributed by atoms with Gasteiger partial charge in [-0.15, -0.1) is 0 Å². The molecule has 0 aliphatic rings. The molecule has 6 heteroatoms. The van der Waals surface area contributed by atoms with E-state index in [4.69, 9.17) is 5.26 Å². The van der Waals surface area contributed by atoms with Crippen LogP contribution in [-0.4, -0.2) is 6.54 Å². The molecule has 0 atom stereocenters. The quantitative estimate of drug-likeness (QED) is 0.741. The van der Waals surface area contributed by atoms with Gasteiger partial charge in [-0.2, -0.15) is 18.4 Å². The monoisotopic (exact) mass is 348 g/mol. The molecular formula is C14H16BrF3N2. The van der Waals surface area contributed by atoms with Gasteiger partial charge in [0.15, 0.2) is 0 Å². The highest BCUT2D eigenvalue weighted by atomic mass is 79.9. The number of nitriles is 1. The summed E-state index contributed by atoms with van der Waals surface area (Å²) in [7, 11) is 0. The molecule has 1 rings (SSSR count). The fraction of sp³-hybridized carbons (Fsp3) is 0.500. The van der Waals surface area contributed by atoms with Crippen LogP contribution < -0.4 is 5.32 Å². The van der Waals surface area contributed by atoms with Gasteiger partial charge in [0.2, 0.25) is 0 Å². The fourth-order valence-electron chi connectivity index (χ4n) is 1.65. The minimum atomic E-state index is -4.35. The van der Waals surface area contributed by atoms with Crippen molar-refractivity contribution in [2.45, 2.75) is 32.9 Å². The Morgan fingerprint density at radius 3 is 2.50 bits per heavy atom. The number of anilines is 1. The average molecular weight is 349 g/mol. The van der Waals surface area contributed by atoms with Gasteiger partial charge >= 0.3 is 6.18 Å². The summed E-state index contributed by atoms with van der Waals surface area (Å²) in [5.74, 6) is 0. The Hall–Kier alpha value is -1.22. The summed E-state index contributed by atoms with van der Waals surface area (Å²) >= 11 is 3.22. The molecule has 0 saturated carbocycles. The number of alkyl halides is 3. The molecule has 1 N–H and O–H groups in total. The van der Waals surface area contributed by atoms with Crippen LogP contribution in [0.2, 0.25) is 0 Å². The standard InChI is InChI=1S/C14H16BrF3N2/c1-13(2,9-19)6-3-7-20-12-8-10(14(16,17)18)4-5-11(12)15/h4-5,8,20H,3,6-7H2,1-2H3. The largest absolute Gasteiger partial charge is 0.416 e. The highest BCUT2D eigenvalue weighted by molar-refractivity contribution is 9.10. The topological polar surface area (TPSA) is 35.8 Å². The Bertz CT molecular complexity index is 504. The Balaban J connectivity index is 2.63. The van der Waals surface area contributed by atoms with E-state index in [2.05, 4.69) is 27.3 Å². The van der Waals surface area contributed by atoms with E-state index in [1.54, 1.807) is 0 Å². The van der Waals surface area contributed by atoms with Gasteiger partial charge in [0.25, 0.3) is 0 Å². The molecule has 0 bridgehead atoms. The predicted octanol–water partition coefficient (Wildman–Crippen LogP) is 5.21. The van der Waals surface area contributed by atoms with Crippen molar-refractivity contribution in [2.24, 2.45) is 5.41 Å². The summed E-state index contributed by atoms with van der Waals surface area (Å²) in [5, 5.41) is 11.8. The molecule has 1 aromatic rings. The Morgan fingerprint density at radius 2 is 1.95 bits per heavy atom. The van der Waals surface area contributed by atoms with E-state index in [-0.39, 0.29) is 0 Å². The number of nitrogens with zero attached hydrogens (tertiary/aromatic N) is 1. The third-order valence-electron chi connectivity index (χ3n) is 2.89. The first-order chi connectivity index (χ1) is 9.15. The number of rotatable bonds is 5. The molecule has 0 heterocycles. The lowest BCUT2D eigenvalue weighted by Crippen LogP contribution is -2.12. The number of benzene rings is 1. The van der Waals surface area contributed by atoms with Crippen molar-refractivity contribution >= 4 is 21.6 Å². The lowest BCUT2D eigenvalue weighted by molar-refractivity contribution is -0.137. The van der Waals surface area contributed by atoms with Crippen molar-refractivity contribution in [2.75, 3.05) is 11.9 Å². The lowest BCUT2D eigenvalue weighted by atomic mass is 9.90. The highest BCUT2D eigenvalue weighted by Gasteiger charge is 2.30. The van der Waals surface area contributed by atoms with Gasteiger partial charge in [-0.3, -0.25) is 0 Å². The van der Waals surface area contributed by atoms with Gasteiger partial charge in [0.1, 0.15) is 0 Å². The van der Waals surface area contributed by atoms with Crippen molar-refractivity contribution < 1.29 is 13.2 Å². The van der Waals surface area contributed by atoms with Crippen LogP contribution >= 0.6 is 15.9 Å². The van der Waals surface area contributed by atoms with Gasteiger partial charge in [0.05, 0.1) is 17.0 Å². The second-order valence-electron chi connectivity index (χ2n) is 5.22. The van der Waals surface area contributed by atoms with Gasteiger partial charge in [-0.05, 0) is 60.8 Å². The normalized spacial score (nSPS) is 12.1. The Morgan fingerprint density at radius 1 is 1.30 bits per heavy atom. The maximum Gasteiger partial charge on any atom is 0.416 e. The van der Waals surface area contributed by atoms with Crippen LogP contribution in [0.5, 0.6) is 0 Å². The van der Waals surface area contributed by atoms with Crippen LogP contribution in [0.1, 0.15) is 32.3 Å². The number of hydrogen-bond acceptors (Lipinski definition) is 2. The van der Waals surface area contributed by atoms with E-state index in [1.165, 1.54) is 6.07 Å². The van der Waals surface area contributed by atoms with E-state index in [1.807, 2.05) is 13.8 Å². The first-order valence-corrected chi connectivity index (χ1v) is 6.97. The Kier molecular flexibility index (Phi) is 5.46. The first-order valence-electron chi connectivity index (χ1n) is 6.17. The lowest BCUT2D eigenvalue weighted by Gasteiger charge is -2.16. The molecular weight excluding hydrogens is 333 g/mol. The molecule has 0 unspecified atom stereocenters. The maximum atomic E-state index is 12.6. The molecule has 0 fully saturated rings. The van der Waals surface area contributed by atoms with Crippen molar-refractivity contribution in [3.63, 3.8) is 0 Å². The number of halogens is 4. The van der Waals surface area contributed by atoms with Crippen LogP contribution in [0.4, 0.5) is 18.9 Å². The molecule has 0 spiro atoms. The van der Waals surface area contributed by atoms with E-state index in [9.17, 15) is 13.2 Å². The second kappa shape index (κ2) is 6.49. The number of hydrogen-bond donors (Lipinski definition) is 1. The van der Waals surface area contributed by atoms with Crippen molar-refractivity contribution in [1.29, 1.82) is 5.26 Å². The molecule has 0 aliphatic heterocycles. The molecule has 0 amide bonds. The van der Waals surface area contributed by atoms with Gasteiger partial charge in [-0.25, -0.2) is 0 Å². The molecule has 1 aromatic carbocycles. The third-order valence-corrected chi connectivity index (χ3v) is 3.58. The van der Waals surface area contributed by atoms with Crippen LogP contribution in [0, 0.1) is 16.7 Å². The smallest absolute Gasteiger partial charge is 0.384 e. The van der Waals surface area contributed by atoms with Gasteiger partial charge in [0, 0.05) is 16.7 Å². The second-order valence-corrected chi connectivity index (χ2v) is 6.07. The molecule has 110 valence electrons. The Labute approximate surface area is 125 Å². The van der Waals surface area contributed by atoms with Crippen molar-refractivity contribution in [3.8, 4) is 6.07 Å². The van der Waals surface area contributed by atoms with Crippen molar-refractivity contribution in [3.05, 3.63) is 28.2 Å². The number of nitrogens with one attached hydrogen (secondary N) is 1. The molecule has 0 radical (unpaired) electrons. The van der Waals surface area contributed by atoms with Crippen LogP contribution in [0.3, 0.4) is 0 Å². The zero-order chi connectivity index (χ0) is 15.4. The summed E-state index contributed by atoms with van der Waals surface area (Å²) in [4.78, 5) is 0. The minimum Gasteiger partial charge on any atom is -0.384 e. The van der Waals surface area contributed by atoms with E-state index < -0.39 is 17.2 Å². The SMILES string of the molecule is CC(C)(C#N)CCCNc1cc(C(F)(F)F)ccc1Br. The molecule has 0 aliphatic carbocycles. The molecule has 0 saturated heterocycles. The summed E-state index contributed by atoms with van der Waals surface area (Å²) < 4.78 is 38.4. The minimum absolute atomic E-state index is 0.410. The third kappa shape index (κ3) is 5.04. The van der Waals surface area contributed by atoms with Crippen molar-refractivity contribution in [1.82, 2.24) is 0 Å². The van der Waals surface area contributed by atoms with E-state index in [0.29, 0.717) is 29.5 Å². The summed E-state index contributed by atoms with van der Waals surface area (Å²) in [6, 6.07) is 5.69. The predicted molar refractivity (Wildman–Crippen MR) is 76.3 cm³/mol. The van der Waals surface area contributed by atoms with Crippen LogP contribution in [0.15, 0.2) is 22.7 Å². The maximum absolute atomic E-state index is 12.6. The molecule has 2 nitrogen and oxygen atoms in total. The summed E-state index contributed by atoms with van der Waals surface area (Å²) in [6.45, 7) is 4.20. The molecule has 0 aromatic heterocycles. The zero-order valence-electron chi connectivity index (χ0n) is 11.3. The average Bonchev–Trinajstić information content (AvgIpc) is 2.35. The molecule has 20 heavy (non-hydrogen) atoms. The zero-order valence-corrected chi connectivity index (χ0v) is 12.9. The summed E-state index contributed by atoms with van der Waals surface area (Å²) in [6.07, 6.45) is -2.95. The van der Waals surface area contributed by atoms with Gasteiger partial charge < -0.3 is 5.32 Å². The van der Waals surface area contributed by atoms with Crippen LogP contribution in [0.25, 0.3) is 0 Å².